The Kier molecular flexibility index (Phi) is 4.47. The molecule has 4 nitrogen and oxygen atoms in total. The molecule has 122 valence electrons. The van der Waals surface area contributed by atoms with E-state index in [9.17, 15) is 4.79 Å². The maximum absolute atomic E-state index is 12.5. The largest absolute Gasteiger partial charge is 0.441 e. The van der Waals surface area contributed by atoms with E-state index in [2.05, 4.69) is 10.3 Å². The fourth-order valence-corrected chi connectivity index (χ4v) is 2.63. The average molecular weight is 320 g/mol. The Bertz CT molecular complexity index is 853. The highest BCUT2D eigenvalue weighted by Crippen LogP contribution is 2.25. The third-order valence-electron chi connectivity index (χ3n) is 4.03. The van der Waals surface area contributed by atoms with E-state index in [-0.39, 0.29) is 11.9 Å². The minimum atomic E-state index is -0.229. The molecule has 1 unspecified atom stereocenters. The Morgan fingerprint density at radius 3 is 2.42 bits per heavy atom. The van der Waals surface area contributed by atoms with E-state index in [1.54, 1.807) is 6.92 Å². The van der Waals surface area contributed by atoms with Crippen molar-refractivity contribution >= 4 is 5.91 Å². The number of carbonyl (C=O) groups excluding carboxylic acids is 1. The van der Waals surface area contributed by atoms with Gasteiger partial charge in [0.25, 0.3) is 5.91 Å². The Morgan fingerprint density at radius 1 is 1.04 bits per heavy atom. The summed E-state index contributed by atoms with van der Waals surface area (Å²) in [4.78, 5) is 17.0. The standard InChI is InChI=1S/C20H20N2O2/c1-13-9-7-8-12-17(13)20-22-18(15(3)24-20)19(23)21-14(2)16-10-5-4-6-11-16/h4-12,14H,1-3H3,(H,21,23). The van der Waals surface area contributed by atoms with Crippen molar-refractivity contribution in [1.82, 2.24) is 10.3 Å². The van der Waals surface area contributed by atoms with Gasteiger partial charge >= 0.3 is 0 Å². The molecule has 1 amide bonds. The van der Waals surface area contributed by atoms with Crippen molar-refractivity contribution in [3.63, 3.8) is 0 Å². The highest BCUT2D eigenvalue weighted by molar-refractivity contribution is 5.94. The van der Waals surface area contributed by atoms with Gasteiger partial charge in [-0.1, -0.05) is 48.5 Å². The molecule has 1 N–H and O–H groups in total. The second-order valence-electron chi connectivity index (χ2n) is 5.84. The summed E-state index contributed by atoms with van der Waals surface area (Å²) in [5, 5.41) is 2.97. The van der Waals surface area contributed by atoms with Crippen LogP contribution in [0.5, 0.6) is 0 Å². The van der Waals surface area contributed by atoms with Gasteiger partial charge in [-0.05, 0) is 38.0 Å². The predicted molar refractivity (Wildman–Crippen MR) is 93.7 cm³/mol. The number of rotatable bonds is 4. The molecular weight excluding hydrogens is 300 g/mol. The monoisotopic (exact) mass is 320 g/mol. The number of nitrogens with zero attached hydrogens (tertiary/aromatic N) is 1. The molecule has 1 atom stereocenters. The van der Waals surface area contributed by atoms with Crippen molar-refractivity contribution in [1.29, 1.82) is 0 Å². The normalized spacial score (nSPS) is 12.0. The molecule has 0 bridgehead atoms. The molecule has 1 heterocycles. The van der Waals surface area contributed by atoms with Crippen LogP contribution < -0.4 is 5.32 Å². The quantitative estimate of drug-likeness (QED) is 0.772. The van der Waals surface area contributed by atoms with E-state index < -0.39 is 0 Å². The predicted octanol–water partition coefficient (Wildman–Crippen LogP) is 4.45. The molecule has 0 radical (unpaired) electrons. The van der Waals surface area contributed by atoms with Crippen LogP contribution in [0, 0.1) is 13.8 Å². The summed E-state index contributed by atoms with van der Waals surface area (Å²) in [6.45, 7) is 5.70. The number of hydrogen-bond acceptors (Lipinski definition) is 3. The molecule has 1 aromatic heterocycles. The number of hydrogen-bond donors (Lipinski definition) is 1. The Balaban J connectivity index is 1.82. The van der Waals surface area contributed by atoms with Crippen molar-refractivity contribution in [3.8, 4) is 11.5 Å². The van der Waals surface area contributed by atoms with E-state index in [0.29, 0.717) is 17.3 Å². The summed E-state index contributed by atoms with van der Waals surface area (Å²) in [7, 11) is 0. The van der Waals surface area contributed by atoms with Gasteiger partial charge in [0.1, 0.15) is 5.76 Å². The lowest BCUT2D eigenvalue weighted by atomic mass is 10.1. The third kappa shape index (κ3) is 3.23. The van der Waals surface area contributed by atoms with Crippen LogP contribution >= 0.6 is 0 Å². The van der Waals surface area contributed by atoms with Crippen LogP contribution in [-0.2, 0) is 0 Å². The van der Waals surface area contributed by atoms with Crippen LogP contribution in [0.4, 0.5) is 0 Å². The Labute approximate surface area is 141 Å². The highest BCUT2D eigenvalue weighted by atomic mass is 16.4. The second kappa shape index (κ2) is 6.71. The van der Waals surface area contributed by atoms with Crippen molar-refractivity contribution in [2.45, 2.75) is 26.8 Å². The van der Waals surface area contributed by atoms with E-state index in [1.165, 1.54) is 0 Å². The molecule has 24 heavy (non-hydrogen) atoms. The van der Waals surface area contributed by atoms with E-state index >= 15 is 0 Å². The molecule has 0 spiro atoms. The van der Waals surface area contributed by atoms with Crippen LogP contribution in [-0.4, -0.2) is 10.9 Å². The Morgan fingerprint density at radius 2 is 1.71 bits per heavy atom. The van der Waals surface area contributed by atoms with Gasteiger partial charge in [-0.25, -0.2) is 4.98 Å². The first kappa shape index (κ1) is 16.0. The number of aryl methyl sites for hydroxylation is 2. The summed E-state index contributed by atoms with van der Waals surface area (Å²) in [6.07, 6.45) is 0. The first-order valence-electron chi connectivity index (χ1n) is 7.95. The van der Waals surface area contributed by atoms with Crippen LogP contribution in [0.25, 0.3) is 11.5 Å². The number of nitrogens with one attached hydrogen (secondary N) is 1. The molecule has 0 fully saturated rings. The fourth-order valence-electron chi connectivity index (χ4n) is 2.63. The molecular formula is C20H20N2O2. The molecule has 0 aliphatic carbocycles. The van der Waals surface area contributed by atoms with E-state index in [0.717, 1.165) is 16.7 Å². The first-order valence-corrected chi connectivity index (χ1v) is 7.95. The maximum Gasteiger partial charge on any atom is 0.274 e. The average Bonchev–Trinajstić information content (AvgIpc) is 2.97. The lowest BCUT2D eigenvalue weighted by Crippen LogP contribution is -2.27. The molecule has 0 aliphatic rings. The topological polar surface area (TPSA) is 55.1 Å². The molecule has 4 heteroatoms. The van der Waals surface area contributed by atoms with Crippen molar-refractivity contribution in [2.24, 2.45) is 0 Å². The summed E-state index contributed by atoms with van der Waals surface area (Å²) in [6, 6.07) is 17.6. The number of benzene rings is 2. The van der Waals surface area contributed by atoms with Gasteiger partial charge in [0.2, 0.25) is 5.89 Å². The summed E-state index contributed by atoms with van der Waals surface area (Å²) in [5.41, 5.74) is 3.33. The van der Waals surface area contributed by atoms with Crippen LogP contribution in [0.15, 0.2) is 59.0 Å². The summed E-state index contributed by atoms with van der Waals surface area (Å²) in [5.74, 6) is 0.765. The van der Waals surface area contributed by atoms with Crippen LogP contribution in [0.2, 0.25) is 0 Å². The maximum atomic E-state index is 12.5. The zero-order valence-electron chi connectivity index (χ0n) is 14.0. The van der Waals surface area contributed by atoms with Crippen molar-refractivity contribution in [2.75, 3.05) is 0 Å². The first-order chi connectivity index (χ1) is 11.6. The van der Waals surface area contributed by atoms with Gasteiger partial charge in [0.05, 0.1) is 6.04 Å². The van der Waals surface area contributed by atoms with Gasteiger partial charge in [0, 0.05) is 5.56 Å². The molecule has 0 saturated heterocycles. The zero-order chi connectivity index (χ0) is 17.1. The number of carbonyl (C=O) groups is 1. The van der Waals surface area contributed by atoms with Gasteiger partial charge < -0.3 is 9.73 Å². The SMILES string of the molecule is Cc1ccccc1-c1nc(C(=O)NC(C)c2ccccc2)c(C)o1. The van der Waals surface area contributed by atoms with E-state index in [4.69, 9.17) is 4.42 Å². The summed E-state index contributed by atoms with van der Waals surface area (Å²) >= 11 is 0. The number of oxazole rings is 1. The lowest BCUT2D eigenvalue weighted by molar-refractivity contribution is 0.0934. The third-order valence-corrected chi connectivity index (χ3v) is 4.03. The van der Waals surface area contributed by atoms with Crippen LogP contribution in [0.3, 0.4) is 0 Å². The Hall–Kier alpha value is -2.88. The van der Waals surface area contributed by atoms with Gasteiger partial charge in [0.15, 0.2) is 5.69 Å². The zero-order valence-corrected chi connectivity index (χ0v) is 14.0. The fraction of sp³-hybridized carbons (Fsp3) is 0.200. The van der Waals surface area contributed by atoms with Crippen LogP contribution in [0.1, 0.15) is 40.3 Å². The minimum Gasteiger partial charge on any atom is -0.441 e. The smallest absolute Gasteiger partial charge is 0.274 e. The molecule has 3 aromatic rings. The van der Waals surface area contributed by atoms with Gasteiger partial charge in [-0.2, -0.15) is 0 Å². The molecule has 0 aliphatic heterocycles. The molecule has 0 saturated carbocycles. The van der Waals surface area contributed by atoms with Gasteiger partial charge in [-0.3, -0.25) is 4.79 Å². The number of amides is 1. The molecule has 2 aromatic carbocycles. The van der Waals surface area contributed by atoms with Crippen molar-refractivity contribution in [3.05, 3.63) is 77.2 Å². The second-order valence-corrected chi connectivity index (χ2v) is 5.84. The number of aromatic nitrogens is 1. The van der Waals surface area contributed by atoms with Crippen molar-refractivity contribution < 1.29 is 9.21 Å². The van der Waals surface area contributed by atoms with Gasteiger partial charge in [-0.15, -0.1) is 0 Å². The minimum absolute atomic E-state index is 0.100. The summed E-state index contributed by atoms with van der Waals surface area (Å²) < 4.78 is 5.72. The van der Waals surface area contributed by atoms with E-state index in [1.807, 2.05) is 68.4 Å². The highest BCUT2D eigenvalue weighted by Gasteiger charge is 2.20. The molecule has 3 rings (SSSR count). The lowest BCUT2D eigenvalue weighted by Gasteiger charge is -2.13.